The lowest BCUT2D eigenvalue weighted by Gasteiger charge is -2.26. The van der Waals surface area contributed by atoms with Crippen molar-refractivity contribution in [2.75, 3.05) is 23.7 Å². The first kappa shape index (κ1) is 9.95. The summed E-state index contributed by atoms with van der Waals surface area (Å²) >= 11 is 2.14. The summed E-state index contributed by atoms with van der Waals surface area (Å²) in [5.41, 5.74) is 5.74. The van der Waals surface area contributed by atoms with E-state index in [9.17, 15) is 0 Å². The van der Waals surface area contributed by atoms with Crippen LogP contribution in [0.3, 0.4) is 0 Å². The fraction of sp³-hybridized carbons (Fsp3) is 0.556. The minimum Gasteiger partial charge on any atom is -0.383 e. The first-order valence-electron chi connectivity index (χ1n) is 4.80. The highest BCUT2D eigenvalue weighted by Crippen LogP contribution is 2.18. The molecule has 1 aliphatic rings. The number of hydrogen-bond donors (Lipinski definition) is 1. The molecule has 5 heteroatoms. The van der Waals surface area contributed by atoms with Gasteiger partial charge in [-0.1, -0.05) is 0 Å². The summed E-state index contributed by atoms with van der Waals surface area (Å²) in [5, 5.41) is 0. The van der Waals surface area contributed by atoms with Crippen molar-refractivity contribution in [3.8, 4) is 0 Å². The lowest BCUT2D eigenvalue weighted by molar-refractivity contribution is 0.568. The monoisotopic (exact) mass is 304 g/mol. The molecule has 0 aromatic carbocycles. The van der Waals surface area contributed by atoms with Crippen molar-refractivity contribution in [2.45, 2.75) is 19.3 Å². The van der Waals surface area contributed by atoms with Crippen LogP contribution in [-0.2, 0) is 0 Å². The molecule has 1 aromatic rings. The molecule has 2 rings (SSSR count). The fourth-order valence-electron chi connectivity index (χ4n) is 1.62. The molecule has 0 radical (unpaired) electrons. The van der Waals surface area contributed by atoms with Gasteiger partial charge >= 0.3 is 0 Å². The quantitative estimate of drug-likeness (QED) is 0.802. The summed E-state index contributed by atoms with van der Waals surface area (Å²) in [7, 11) is 0. The number of piperidine rings is 1. The Bertz CT molecular complexity index is 323. The highest BCUT2D eigenvalue weighted by molar-refractivity contribution is 14.1. The van der Waals surface area contributed by atoms with Gasteiger partial charge in [-0.25, -0.2) is 4.98 Å². The van der Waals surface area contributed by atoms with Gasteiger partial charge in [-0.05, 0) is 41.9 Å². The predicted molar refractivity (Wildman–Crippen MR) is 65.2 cm³/mol. The lowest BCUT2D eigenvalue weighted by atomic mass is 10.1. The van der Waals surface area contributed by atoms with E-state index in [0.717, 1.165) is 22.6 Å². The number of aromatic nitrogens is 2. The van der Waals surface area contributed by atoms with Crippen LogP contribution in [0.25, 0.3) is 0 Å². The number of rotatable bonds is 1. The SMILES string of the molecule is Nc1nc(N2CCCCC2)ncc1I. The Balaban J connectivity index is 2.18. The van der Waals surface area contributed by atoms with Crippen LogP contribution in [0.4, 0.5) is 11.8 Å². The number of nitrogens with two attached hydrogens (primary N) is 1. The van der Waals surface area contributed by atoms with Gasteiger partial charge in [0.25, 0.3) is 0 Å². The second-order valence-electron chi connectivity index (χ2n) is 3.45. The molecular formula is C9H13IN4. The van der Waals surface area contributed by atoms with Gasteiger partial charge in [0.05, 0.1) is 3.57 Å². The zero-order valence-electron chi connectivity index (χ0n) is 7.91. The molecule has 1 fully saturated rings. The average Bonchev–Trinajstić information content (AvgIpc) is 2.23. The molecule has 1 aromatic heterocycles. The molecule has 14 heavy (non-hydrogen) atoms. The first-order chi connectivity index (χ1) is 6.77. The fourth-order valence-corrected chi connectivity index (χ4v) is 1.88. The van der Waals surface area contributed by atoms with Gasteiger partial charge in [0.15, 0.2) is 0 Å². The van der Waals surface area contributed by atoms with Crippen molar-refractivity contribution in [3.63, 3.8) is 0 Å². The molecule has 76 valence electrons. The van der Waals surface area contributed by atoms with Gasteiger partial charge in [0.1, 0.15) is 5.82 Å². The van der Waals surface area contributed by atoms with Crippen LogP contribution < -0.4 is 10.6 Å². The predicted octanol–water partition coefficient (Wildman–Crippen LogP) is 1.65. The van der Waals surface area contributed by atoms with E-state index in [1.54, 1.807) is 6.20 Å². The molecule has 2 heterocycles. The third-order valence-corrected chi connectivity index (χ3v) is 3.23. The Labute approximate surface area is 97.1 Å². The second-order valence-corrected chi connectivity index (χ2v) is 4.61. The molecule has 0 aliphatic carbocycles. The molecule has 2 N–H and O–H groups in total. The van der Waals surface area contributed by atoms with Crippen LogP contribution in [0.2, 0.25) is 0 Å². The van der Waals surface area contributed by atoms with Crippen molar-refractivity contribution >= 4 is 34.4 Å². The number of halogens is 1. The summed E-state index contributed by atoms with van der Waals surface area (Å²) in [6.07, 6.45) is 5.56. The summed E-state index contributed by atoms with van der Waals surface area (Å²) in [4.78, 5) is 10.8. The normalized spacial score (nSPS) is 17.1. The molecule has 0 bridgehead atoms. The van der Waals surface area contributed by atoms with Gasteiger partial charge in [0, 0.05) is 19.3 Å². The molecule has 0 atom stereocenters. The van der Waals surface area contributed by atoms with Gasteiger partial charge in [-0.3, -0.25) is 0 Å². The average molecular weight is 304 g/mol. The Morgan fingerprint density at radius 1 is 1.29 bits per heavy atom. The van der Waals surface area contributed by atoms with Crippen LogP contribution in [-0.4, -0.2) is 23.1 Å². The smallest absolute Gasteiger partial charge is 0.227 e. The first-order valence-corrected chi connectivity index (χ1v) is 5.88. The van der Waals surface area contributed by atoms with Crippen LogP contribution in [0.1, 0.15) is 19.3 Å². The van der Waals surface area contributed by atoms with E-state index in [-0.39, 0.29) is 0 Å². The maximum atomic E-state index is 5.74. The van der Waals surface area contributed by atoms with Gasteiger partial charge < -0.3 is 10.6 Å². The Hall–Kier alpha value is -0.590. The van der Waals surface area contributed by atoms with Gasteiger partial charge in [-0.2, -0.15) is 4.98 Å². The summed E-state index contributed by atoms with van der Waals surface area (Å²) in [5.74, 6) is 1.36. The number of anilines is 2. The zero-order chi connectivity index (χ0) is 9.97. The van der Waals surface area contributed by atoms with Crippen molar-refractivity contribution in [1.82, 2.24) is 9.97 Å². The molecule has 0 amide bonds. The Morgan fingerprint density at radius 3 is 2.64 bits per heavy atom. The van der Waals surface area contributed by atoms with Crippen LogP contribution in [0.5, 0.6) is 0 Å². The minimum absolute atomic E-state index is 0.584. The van der Waals surface area contributed by atoms with E-state index in [1.165, 1.54) is 19.3 Å². The van der Waals surface area contributed by atoms with Gasteiger partial charge in [0.2, 0.25) is 5.95 Å². The molecule has 0 unspecified atom stereocenters. The highest BCUT2D eigenvalue weighted by Gasteiger charge is 2.13. The highest BCUT2D eigenvalue weighted by atomic mass is 127. The third kappa shape index (κ3) is 2.08. The molecule has 1 saturated heterocycles. The molecule has 4 nitrogen and oxygen atoms in total. The third-order valence-electron chi connectivity index (χ3n) is 2.40. The van der Waals surface area contributed by atoms with E-state index >= 15 is 0 Å². The number of nitrogens with zero attached hydrogens (tertiary/aromatic N) is 3. The number of nitrogen functional groups attached to an aromatic ring is 1. The van der Waals surface area contributed by atoms with Crippen molar-refractivity contribution < 1.29 is 0 Å². The van der Waals surface area contributed by atoms with E-state index < -0.39 is 0 Å². The molecule has 1 aliphatic heterocycles. The molecule has 0 saturated carbocycles. The largest absolute Gasteiger partial charge is 0.383 e. The Morgan fingerprint density at radius 2 is 2.00 bits per heavy atom. The summed E-state index contributed by atoms with van der Waals surface area (Å²) in [6.45, 7) is 2.11. The van der Waals surface area contributed by atoms with Crippen molar-refractivity contribution in [3.05, 3.63) is 9.77 Å². The minimum atomic E-state index is 0.584. The molecular weight excluding hydrogens is 291 g/mol. The van der Waals surface area contributed by atoms with E-state index in [2.05, 4.69) is 37.5 Å². The van der Waals surface area contributed by atoms with Crippen LogP contribution in [0.15, 0.2) is 6.20 Å². The zero-order valence-corrected chi connectivity index (χ0v) is 10.1. The summed E-state index contributed by atoms with van der Waals surface area (Å²) < 4.78 is 0.920. The maximum absolute atomic E-state index is 5.74. The van der Waals surface area contributed by atoms with Gasteiger partial charge in [-0.15, -0.1) is 0 Å². The topological polar surface area (TPSA) is 55.0 Å². The molecule has 0 spiro atoms. The maximum Gasteiger partial charge on any atom is 0.227 e. The summed E-state index contributed by atoms with van der Waals surface area (Å²) in [6, 6.07) is 0. The standard InChI is InChI=1S/C9H13IN4/c10-7-6-12-9(13-8(7)11)14-4-2-1-3-5-14/h6H,1-5H2,(H2,11,12,13). The van der Waals surface area contributed by atoms with Crippen molar-refractivity contribution in [2.24, 2.45) is 0 Å². The number of hydrogen-bond acceptors (Lipinski definition) is 4. The van der Waals surface area contributed by atoms with E-state index in [0.29, 0.717) is 5.82 Å². The second kappa shape index (κ2) is 4.29. The van der Waals surface area contributed by atoms with Crippen LogP contribution >= 0.6 is 22.6 Å². The van der Waals surface area contributed by atoms with Crippen molar-refractivity contribution in [1.29, 1.82) is 0 Å². The van der Waals surface area contributed by atoms with Crippen LogP contribution in [0, 0.1) is 3.57 Å². The van der Waals surface area contributed by atoms with E-state index in [4.69, 9.17) is 5.73 Å². The lowest BCUT2D eigenvalue weighted by Crippen LogP contribution is -2.31. The van der Waals surface area contributed by atoms with E-state index in [1.807, 2.05) is 0 Å². The Kier molecular flexibility index (Phi) is 3.05.